The van der Waals surface area contributed by atoms with Crippen molar-refractivity contribution in [2.45, 2.75) is 30.8 Å². The maximum atomic E-state index is 12.8. The molecule has 3 nitrogen and oxygen atoms in total. The molecular weight excluding hydrogens is 265 g/mol. The number of halogens is 1. The highest BCUT2D eigenvalue weighted by Gasteiger charge is 2.33. The van der Waals surface area contributed by atoms with Crippen molar-refractivity contribution in [2.24, 2.45) is 0 Å². The smallest absolute Gasteiger partial charge is 0.173 e. The number of nitrogens with one attached hydrogen (secondary N) is 1. The summed E-state index contributed by atoms with van der Waals surface area (Å²) in [5, 5.41) is 4.63. The van der Waals surface area contributed by atoms with Crippen molar-refractivity contribution >= 4 is 9.84 Å². The zero-order chi connectivity index (χ0) is 13.5. The number of hydrogen-bond acceptors (Lipinski definition) is 3. The first-order valence-electron chi connectivity index (χ1n) is 6.44. The molecule has 1 aliphatic heterocycles. The second-order valence-electron chi connectivity index (χ2n) is 5.35. The molecule has 0 radical (unpaired) electrons. The zero-order valence-corrected chi connectivity index (χ0v) is 11.2. The first-order valence-corrected chi connectivity index (χ1v) is 8.16. The topological polar surface area (TPSA) is 46.2 Å². The van der Waals surface area contributed by atoms with Crippen LogP contribution in [0.1, 0.15) is 24.3 Å². The van der Waals surface area contributed by atoms with E-state index in [1.165, 1.54) is 17.5 Å². The number of hydrogen-bond donors (Lipinski definition) is 1. The van der Waals surface area contributed by atoms with E-state index in [4.69, 9.17) is 0 Å². The van der Waals surface area contributed by atoms with Crippen LogP contribution in [0.3, 0.4) is 0 Å². The van der Waals surface area contributed by atoms with Gasteiger partial charge in [-0.1, -0.05) is 18.2 Å². The van der Waals surface area contributed by atoms with Gasteiger partial charge < -0.3 is 5.32 Å². The Kier molecular flexibility index (Phi) is 3.19. The second-order valence-corrected chi connectivity index (χ2v) is 7.28. The van der Waals surface area contributed by atoms with Gasteiger partial charge in [-0.05, 0) is 36.5 Å². The fourth-order valence-electron chi connectivity index (χ4n) is 2.74. The van der Waals surface area contributed by atoms with Crippen LogP contribution in [0.2, 0.25) is 0 Å². The molecule has 3 rings (SSSR count). The summed E-state index contributed by atoms with van der Waals surface area (Å²) in [6, 6.07) is 6.94. The van der Waals surface area contributed by atoms with Gasteiger partial charge in [-0.2, -0.15) is 0 Å². The molecule has 0 aromatic heterocycles. The number of sulfone groups is 1. The van der Waals surface area contributed by atoms with Gasteiger partial charge >= 0.3 is 0 Å². The van der Waals surface area contributed by atoms with Gasteiger partial charge in [0.2, 0.25) is 0 Å². The molecule has 0 spiro atoms. The maximum absolute atomic E-state index is 12.8. The third-order valence-corrected chi connectivity index (χ3v) is 5.25. The third-order valence-electron chi connectivity index (χ3n) is 3.86. The van der Waals surface area contributed by atoms with Crippen LogP contribution >= 0.6 is 0 Å². The van der Waals surface area contributed by atoms with E-state index in [1.807, 2.05) is 12.1 Å². The Bertz CT molecular complexity index is 588. The summed E-state index contributed by atoms with van der Waals surface area (Å²) >= 11 is 0. The van der Waals surface area contributed by atoms with Crippen molar-refractivity contribution in [3.05, 3.63) is 47.1 Å². The Labute approximate surface area is 112 Å². The SMILES string of the molecule is O=S1(=O)C=CC(NC2CC(c3ccc(F)cc3)C2)C1. The molecule has 1 N–H and O–H groups in total. The van der Waals surface area contributed by atoms with Gasteiger partial charge in [-0.15, -0.1) is 0 Å². The molecule has 5 heteroatoms. The summed E-state index contributed by atoms with van der Waals surface area (Å²) in [7, 11) is -2.98. The van der Waals surface area contributed by atoms with Crippen LogP contribution in [-0.4, -0.2) is 26.3 Å². The quantitative estimate of drug-likeness (QED) is 0.921. The summed E-state index contributed by atoms with van der Waals surface area (Å²) in [6.07, 6.45) is 3.69. The molecule has 1 atom stereocenters. The Morgan fingerprint density at radius 2 is 1.84 bits per heavy atom. The lowest BCUT2D eigenvalue weighted by Crippen LogP contribution is -2.45. The van der Waals surface area contributed by atoms with Crippen molar-refractivity contribution in [1.82, 2.24) is 5.32 Å². The molecular formula is C14H16FNO2S. The van der Waals surface area contributed by atoms with Gasteiger partial charge in [-0.3, -0.25) is 0 Å². The molecule has 0 saturated heterocycles. The molecule has 1 aromatic rings. The van der Waals surface area contributed by atoms with Crippen molar-refractivity contribution in [2.75, 3.05) is 5.75 Å². The Morgan fingerprint density at radius 1 is 1.16 bits per heavy atom. The summed E-state index contributed by atoms with van der Waals surface area (Å²) in [5.41, 5.74) is 1.16. The highest BCUT2D eigenvalue weighted by molar-refractivity contribution is 7.94. The first-order chi connectivity index (χ1) is 9.02. The fourth-order valence-corrected chi connectivity index (χ4v) is 3.99. The van der Waals surface area contributed by atoms with Crippen molar-refractivity contribution in [3.63, 3.8) is 0 Å². The van der Waals surface area contributed by atoms with Gasteiger partial charge in [0.05, 0.1) is 5.75 Å². The van der Waals surface area contributed by atoms with Gasteiger partial charge in [0.25, 0.3) is 0 Å². The van der Waals surface area contributed by atoms with E-state index in [1.54, 1.807) is 6.08 Å². The van der Waals surface area contributed by atoms with Crippen molar-refractivity contribution < 1.29 is 12.8 Å². The van der Waals surface area contributed by atoms with Gasteiger partial charge in [0.1, 0.15) is 5.82 Å². The summed E-state index contributed by atoms with van der Waals surface area (Å²) in [6.45, 7) is 0. The zero-order valence-electron chi connectivity index (χ0n) is 10.4. The molecule has 1 fully saturated rings. The van der Waals surface area contributed by atoms with E-state index in [-0.39, 0.29) is 17.6 Å². The van der Waals surface area contributed by atoms with Crippen molar-refractivity contribution in [3.8, 4) is 0 Å². The monoisotopic (exact) mass is 281 g/mol. The molecule has 0 amide bonds. The van der Waals surface area contributed by atoms with Gasteiger partial charge in [0.15, 0.2) is 9.84 Å². The molecule has 2 aliphatic rings. The van der Waals surface area contributed by atoms with E-state index in [2.05, 4.69) is 5.32 Å². The van der Waals surface area contributed by atoms with Crippen LogP contribution in [0.4, 0.5) is 4.39 Å². The predicted octanol–water partition coefficient (Wildman–Crippen LogP) is 1.97. The molecule has 102 valence electrons. The summed E-state index contributed by atoms with van der Waals surface area (Å²) in [5.74, 6) is 0.421. The third kappa shape index (κ3) is 2.87. The average Bonchev–Trinajstić information content (AvgIpc) is 2.64. The minimum atomic E-state index is -2.98. The highest BCUT2D eigenvalue weighted by atomic mass is 32.2. The number of rotatable bonds is 3. The Morgan fingerprint density at radius 3 is 2.42 bits per heavy atom. The molecule has 19 heavy (non-hydrogen) atoms. The average molecular weight is 281 g/mol. The Balaban J connectivity index is 1.51. The van der Waals surface area contributed by atoms with E-state index >= 15 is 0 Å². The minimum absolute atomic E-state index is 0.0517. The van der Waals surface area contributed by atoms with E-state index < -0.39 is 9.84 Å². The first kappa shape index (κ1) is 12.8. The molecule has 1 aliphatic carbocycles. The number of benzene rings is 1. The summed E-state index contributed by atoms with van der Waals surface area (Å²) < 4.78 is 35.4. The summed E-state index contributed by atoms with van der Waals surface area (Å²) in [4.78, 5) is 0. The van der Waals surface area contributed by atoms with E-state index in [0.29, 0.717) is 12.0 Å². The molecule has 1 unspecified atom stereocenters. The minimum Gasteiger partial charge on any atom is -0.307 e. The van der Waals surface area contributed by atoms with Gasteiger partial charge in [0, 0.05) is 17.5 Å². The van der Waals surface area contributed by atoms with E-state index in [0.717, 1.165) is 18.4 Å². The van der Waals surface area contributed by atoms with Crippen LogP contribution in [0.25, 0.3) is 0 Å². The standard InChI is InChI=1S/C14H16FNO2S/c15-12-3-1-10(2-4-12)11-7-14(8-11)16-13-5-6-19(17,18)9-13/h1-6,11,13-14,16H,7-9H2. The fraction of sp³-hybridized carbons (Fsp3) is 0.429. The van der Waals surface area contributed by atoms with Crippen LogP contribution in [0.5, 0.6) is 0 Å². The molecule has 0 bridgehead atoms. The molecule has 1 aromatic carbocycles. The molecule has 1 saturated carbocycles. The van der Waals surface area contributed by atoms with Crippen LogP contribution in [-0.2, 0) is 9.84 Å². The van der Waals surface area contributed by atoms with Crippen LogP contribution < -0.4 is 5.32 Å². The van der Waals surface area contributed by atoms with Crippen molar-refractivity contribution in [1.29, 1.82) is 0 Å². The highest BCUT2D eigenvalue weighted by Crippen LogP contribution is 2.37. The lowest BCUT2D eigenvalue weighted by Gasteiger charge is -2.37. The lowest BCUT2D eigenvalue weighted by molar-refractivity contribution is 0.283. The lowest BCUT2D eigenvalue weighted by atomic mass is 9.75. The largest absolute Gasteiger partial charge is 0.307 e. The second kappa shape index (κ2) is 4.72. The maximum Gasteiger partial charge on any atom is 0.173 e. The predicted molar refractivity (Wildman–Crippen MR) is 72.0 cm³/mol. The van der Waals surface area contributed by atoms with Crippen LogP contribution in [0.15, 0.2) is 35.7 Å². The Hall–Kier alpha value is -1.20. The van der Waals surface area contributed by atoms with Crippen LogP contribution in [0, 0.1) is 5.82 Å². The molecule has 1 heterocycles. The van der Waals surface area contributed by atoms with E-state index in [9.17, 15) is 12.8 Å². The normalized spacial score (nSPS) is 32.2. The van der Waals surface area contributed by atoms with Gasteiger partial charge in [-0.25, -0.2) is 12.8 Å².